The zero-order valence-corrected chi connectivity index (χ0v) is 41.8. The summed E-state index contributed by atoms with van der Waals surface area (Å²) in [5.74, 6) is 2.09. The van der Waals surface area contributed by atoms with Gasteiger partial charge in [-0.3, -0.25) is 24.2 Å². The molecule has 0 saturated carbocycles. The van der Waals surface area contributed by atoms with E-state index in [0.717, 1.165) is 74.8 Å². The maximum absolute atomic E-state index is 11.5. The number of aromatic nitrogens is 6. The van der Waals surface area contributed by atoms with Crippen molar-refractivity contribution in [3.8, 4) is 5.88 Å². The number of H-pyrrole nitrogens is 1. The van der Waals surface area contributed by atoms with Crippen LogP contribution < -0.4 is 71.8 Å². The monoisotopic (exact) mass is 982 g/mol. The van der Waals surface area contributed by atoms with Crippen LogP contribution in [-0.2, 0) is 43.1 Å². The summed E-state index contributed by atoms with van der Waals surface area (Å²) >= 11 is 5.97. The molecule has 0 radical (unpaired) electrons. The van der Waals surface area contributed by atoms with Gasteiger partial charge in [0.2, 0.25) is 41.4 Å². The summed E-state index contributed by atoms with van der Waals surface area (Å²) in [5, 5.41) is 26.7. The van der Waals surface area contributed by atoms with Gasteiger partial charge in [-0.2, -0.15) is 4.98 Å². The molecule has 5 aliphatic rings. The molecule has 11 rings (SSSR count). The molecule has 0 unspecified atom stereocenters. The number of aromatic amines is 1. The topological polar surface area (TPSA) is 269 Å². The average Bonchev–Trinajstić information content (AvgIpc) is 3.31. The molecule has 0 bridgehead atoms. The summed E-state index contributed by atoms with van der Waals surface area (Å²) in [4.78, 5) is 69.4. The first-order valence-electron chi connectivity index (χ1n) is 22.3. The number of benzene rings is 3. The maximum Gasteiger partial charge on any atom is 1.00 e. The zero-order chi connectivity index (χ0) is 48.4. The summed E-state index contributed by atoms with van der Waals surface area (Å²) < 4.78 is 15.5. The fourth-order valence-electron chi connectivity index (χ4n) is 7.05. The molecule has 5 aliphatic heterocycles. The molecule has 3 aromatic heterocycles. The molecule has 20 nitrogen and oxygen atoms in total. The van der Waals surface area contributed by atoms with E-state index in [0.29, 0.717) is 86.6 Å². The number of aliphatic hydroxyl groups excluding tert-OH is 1. The Labute approximate surface area is 431 Å². The van der Waals surface area contributed by atoms with Crippen LogP contribution in [0.4, 0.5) is 52.0 Å². The van der Waals surface area contributed by atoms with Crippen LogP contribution in [0.15, 0.2) is 78.0 Å². The third-order valence-electron chi connectivity index (χ3n) is 11.1. The Balaban J connectivity index is 0.000000164. The fourth-order valence-corrected chi connectivity index (χ4v) is 7.18. The minimum Gasteiger partial charge on any atom is -1.00 e. The molecule has 0 atom stereocenters. The predicted molar refractivity (Wildman–Crippen MR) is 261 cm³/mol. The van der Waals surface area contributed by atoms with E-state index in [4.69, 9.17) is 26.2 Å². The molecule has 0 spiro atoms. The second-order valence-electron chi connectivity index (χ2n) is 16.7. The molecule has 6 aromatic rings. The number of hydrogen-bond donors (Lipinski definition) is 8. The predicted octanol–water partition coefficient (Wildman–Crippen LogP) is 3.46. The number of hydrogen-bond acceptors (Lipinski definition) is 16. The Hall–Kier alpha value is -6.52. The van der Waals surface area contributed by atoms with Crippen molar-refractivity contribution in [2.45, 2.75) is 71.5 Å². The zero-order valence-electron chi connectivity index (χ0n) is 40.1. The summed E-state index contributed by atoms with van der Waals surface area (Å²) in [5.41, 5.74) is 10.6. The van der Waals surface area contributed by atoms with Gasteiger partial charge in [0.05, 0.1) is 26.4 Å². The summed E-state index contributed by atoms with van der Waals surface area (Å²) in [6, 6.07) is 17.2. The van der Waals surface area contributed by atoms with Crippen molar-refractivity contribution in [1.82, 2.24) is 29.9 Å². The fraction of sp³-hybridized carbons (Fsp3) is 0.312. The van der Waals surface area contributed by atoms with Crippen LogP contribution in [0.3, 0.4) is 0 Å². The van der Waals surface area contributed by atoms with Gasteiger partial charge >= 0.3 is 29.6 Å². The third-order valence-corrected chi connectivity index (χ3v) is 11.5. The number of aliphatic hydroxyl groups is 1. The molecule has 2 saturated heterocycles. The third kappa shape index (κ3) is 14.1. The van der Waals surface area contributed by atoms with Crippen LogP contribution in [-0.4, -0.2) is 91.4 Å². The van der Waals surface area contributed by atoms with Crippen molar-refractivity contribution in [2.75, 3.05) is 58.3 Å². The van der Waals surface area contributed by atoms with E-state index >= 15 is 0 Å². The number of rotatable bonds is 8. The van der Waals surface area contributed by atoms with Crippen molar-refractivity contribution in [2.24, 2.45) is 0 Å². The molecule has 0 aliphatic carbocycles. The van der Waals surface area contributed by atoms with E-state index in [9.17, 15) is 19.2 Å². The van der Waals surface area contributed by atoms with E-state index in [1.807, 2.05) is 68.4 Å². The first-order chi connectivity index (χ1) is 33.3. The van der Waals surface area contributed by atoms with Crippen LogP contribution in [0, 0.1) is 20.8 Å². The Morgan fingerprint density at radius 1 is 0.614 bits per heavy atom. The van der Waals surface area contributed by atoms with Gasteiger partial charge < -0.3 is 52.6 Å². The smallest absolute Gasteiger partial charge is 1.00 e. The molecule has 2 fully saturated rings. The quantitative estimate of drug-likeness (QED) is 0.0802. The molecule has 3 aromatic carbocycles. The van der Waals surface area contributed by atoms with Gasteiger partial charge in [0, 0.05) is 88.7 Å². The van der Waals surface area contributed by atoms with Crippen LogP contribution >= 0.6 is 11.6 Å². The van der Waals surface area contributed by atoms with Crippen molar-refractivity contribution in [3.05, 3.63) is 122 Å². The van der Waals surface area contributed by atoms with E-state index in [1.165, 1.54) is 6.20 Å². The number of aryl methyl sites for hydroxylation is 6. The normalized spacial score (nSPS) is 15.4. The van der Waals surface area contributed by atoms with Gasteiger partial charge in [-0.05, 0) is 111 Å². The Morgan fingerprint density at radius 3 is 1.49 bits per heavy atom. The van der Waals surface area contributed by atoms with Crippen molar-refractivity contribution in [1.29, 1.82) is 0 Å². The summed E-state index contributed by atoms with van der Waals surface area (Å²) in [6.07, 6.45) is 8.58. The standard InChI is InChI=1S/C17H18N4O3.C14H13ClN4O.C14H14N4O2.C3H6O2.Na.H/c1-10-7-18-17(21-16(10)24-13-8-23-9-13)19-12-3-4-14-11(6-12)2-5-15(22)20-14;1-8-7-16-14(19-13(8)15)17-10-3-4-11-9(6-10)2-5-12(20)18-11;1-8-7-15-14(18-13(8)20)16-10-3-4-11-9(6-10)2-5-12(19)17-11;4-3-1-5-2-3;;/h3-4,6-7,13H,2,5,8-9H2,1H3,(H,20,22)(H,18,19,21);3-4,6-7H,2,5H2,1H3,(H,18,20)(H,16,17,19);3-4,6-7H,2,5H2,1H3,(H,17,19)(H2,15,16,18,20);3-4H,1-2H2;;/q;;;;+1;-1. The van der Waals surface area contributed by atoms with Crippen LogP contribution in [0.5, 0.6) is 5.88 Å². The molecule has 8 N–H and O–H groups in total. The van der Waals surface area contributed by atoms with Gasteiger partial charge in [0.1, 0.15) is 17.4 Å². The first-order valence-corrected chi connectivity index (χ1v) is 22.7. The summed E-state index contributed by atoms with van der Waals surface area (Å²) in [7, 11) is 0. The van der Waals surface area contributed by atoms with E-state index in [2.05, 4.69) is 66.5 Å². The van der Waals surface area contributed by atoms with Crippen LogP contribution in [0.1, 0.15) is 54.1 Å². The van der Waals surface area contributed by atoms with E-state index in [-0.39, 0.29) is 66.5 Å². The number of fused-ring (bicyclic) bond motifs is 3. The van der Waals surface area contributed by atoms with Gasteiger partial charge in [0.15, 0.2) is 0 Å². The first kappa shape index (κ1) is 51.3. The van der Waals surface area contributed by atoms with Crippen molar-refractivity contribution >= 4 is 81.3 Å². The number of amides is 3. The number of nitrogens with zero attached hydrogens (tertiary/aromatic N) is 5. The number of halogens is 1. The minimum absolute atomic E-state index is 0. The number of carbonyl (C=O) groups excluding carboxylic acids is 3. The van der Waals surface area contributed by atoms with Crippen LogP contribution in [0.2, 0.25) is 5.15 Å². The van der Waals surface area contributed by atoms with Crippen LogP contribution in [0.25, 0.3) is 0 Å². The number of anilines is 9. The second kappa shape index (κ2) is 23.9. The van der Waals surface area contributed by atoms with Gasteiger partial charge in [-0.25, -0.2) is 19.9 Å². The van der Waals surface area contributed by atoms with E-state index in [1.54, 1.807) is 19.3 Å². The SMILES string of the molecule is Cc1cnc(Nc2ccc3c(c2)CCC(=O)N3)[nH]c1=O.Cc1cnc(Nc2ccc3c(c2)CCC(=O)N3)nc1Cl.Cc1cnc(Nc2ccc3c(c2)CCC(=O)N3)nc1OC1COC1.OC1COC1.[H-].[Na+]. The largest absolute Gasteiger partial charge is 1.00 e. The van der Waals surface area contributed by atoms with Crippen molar-refractivity contribution in [3.63, 3.8) is 0 Å². The summed E-state index contributed by atoms with van der Waals surface area (Å²) in [6.45, 7) is 7.76. The number of nitrogens with one attached hydrogen (secondary N) is 7. The van der Waals surface area contributed by atoms with E-state index < -0.39 is 0 Å². The maximum atomic E-state index is 11.5. The molecule has 70 heavy (non-hydrogen) atoms. The number of carbonyl (C=O) groups is 3. The molecule has 3 amide bonds. The Bertz CT molecular complexity index is 2940. The Kier molecular flexibility index (Phi) is 17.5. The van der Waals surface area contributed by atoms with Gasteiger partial charge in [-0.1, -0.05) is 11.6 Å². The molecule has 8 heterocycles. The minimum atomic E-state index is -0.160. The Morgan fingerprint density at radius 2 is 1.06 bits per heavy atom. The van der Waals surface area contributed by atoms with Crippen molar-refractivity contribution < 1.29 is 64.7 Å². The average molecular weight is 983 g/mol. The van der Waals surface area contributed by atoms with Gasteiger partial charge in [-0.15, -0.1) is 0 Å². The van der Waals surface area contributed by atoms with Gasteiger partial charge in [0.25, 0.3) is 5.56 Å². The number of ether oxygens (including phenoxy) is 3. The molecule has 360 valence electrons. The molecular weight excluding hydrogens is 931 g/mol. The second-order valence-corrected chi connectivity index (χ2v) is 17.1. The molecule has 22 heteroatoms. The molecular formula is C48H52ClN12NaO8.